The van der Waals surface area contributed by atoms with Crippen molar-refractivity contribution in [1.29, 1.82) is 0 Å². The molecule has 0 aliphatic carbocycles. The molecule has 0 aromatic heterocycles. The van der Waals surface area contributed by atoms with Gasteiger partial charge in [0.05, 0.1) is 26.4 Å². The lowest BCUT2D eigenvalue weighted by atomic mass is 10.0. The maximum atomic E-state index is 13.0. The van der Waals surface area contributed by atoms with Gasteiger partial charge in [-0.15, -0.1) is 0 Å². The largest absolute Gasteiger partial charge is 0.472 e. The molecule has 91 heavy (non-hydrogen) atoms. The number of phosphoric acid groups is 2. The van der Waals surface area contributed by atoms with Gasteiger partial charge in [0.1, 0.15) is 19.3 Å². The number of carbonyl (C=O) groups is 4. The summed E-state index contributed by atoms with van der Waals surface area (Å²) in [5, 5.41) is 10.6. The van der Waals surface area contributed by atoms with Gasteiger partial charge in [-0.05, 0) is 49.4 Å². The van der Waals surface area contributed by atoms with Crippen molar-refractivity contribution in [3.8, 4) is 0 Å². The predicted octanol–water partition coefficient (Wildman–Crippen LogP) is 20.5. The first-order chi connectivity index (χ1) is 43.6. The van der Waals surface area contributed by atoms with E-state index < -0.39 is 97.5 Å². The van der Waals surface area contributed by atoms with E-state index in [2.05, 4.69) is 55.4 Å². The monoisotopic (exact) mass is 1340 g/mol. The summed E-state index contributed by atoms with van der Waals surface area (Å²) in [6.07, 6.45) is 44.7. The molecule has 0 spiro atoms. The van der Waals surface area contributed by atoms with Gasteiger partial charge in [0.25, 0.3) is 0 Å². The molecule has 0 saturated carbocycles. The molecule has 0 radical (unpaired) electrons. The van der Waals surface area contributed by atoms with Crippen molar-refractivity contribution in [2.45, 2.75) is 375 Å². The summed E-state index contributed by atoms with van der Waals surface area (Å²) in [5.41, 5.74) is 0. The molecule has 0 aromatic rings. The van der Waals surface area contributed by atoms with E-state index in [0.29, 0.717) is 31.6 Å². The van der Waals surface area contributed by atoms with Gasteiger partial charge in [-0.1, -0.05) is 306 Å². The van der Waals surface area contributed by atoms with Gasteiger partial charge in [-0.2, -0.15) is 0 Å². The van der Waals surface area contributed by atoms with Crippen molar-refractivity contribution in [3.63, 3.8) is 0 Å². The van der Waals surface area contributed by atoms with Gasteiger partial charge < -0.3 is 33.8 Å². The number of hydrogen-bond donors (Lipinski definition) is 3. The summed E-state index contributed by atoms with van der Waals surface area (Å²) < 4.78 is 68.3. The van der Waals surface area contributed by atoms with Crippen LogP contribution < -0.4 is 0 Å². The van der Waals surface area contributed by atoms with Crippen molar-refractivity contribution in [2.24, 2.45) is 23.7 Å². The minimum absolute atomic E-state index is 0.104. The fraction of sp³-hybridized carbons (Fsp3) is 0.944. The fourth-order valence-corrected chi connectivity index (χ4v) is 12.4. The standard InChI is InChI=1S/C72H140O17P2/c1-62(2)48-40-32-24-18-14-12-10-9-11-13-15-21-27-36-44-52-69(74)82-58-67(88-71(76)54-46-38-28-22-16-19-25-33-41-49-63(3)4)60-86-90(78,79)84-56-66(73)57-85-91(80,81)87-61-68(59-83-70(75)53-45-37-31-30-35-43-51-65(7)8)89-72(77)55-47-39-29-23-17-20-26-34-42-50-64(5)6/h62-68,73H,9-61H2,1-8H3,(H,78,79)(H,80,81)/t66-,67-,68-/m1/s1. The number of aliphatic hydroxyl groups is 1. The van der Waals surface area contributed by atoms with E-state index in [1.165, 1.54) is 154 Å². The third kappa shape index (κ3) is 66.5. The SMILES string of the molecule is CC(C)CCCCCCCCCCCCCCCCCC(=O)OC[C@H](COP(=O)(O)OC[C@@H](O)COP(=O)(O)OC[C@@H](COC(=O)CCCCCCCCC(C)C)OC(=O)CCCCCCCCCCCC(C)C)OC(=O)CCCCCCCCCCCC(C)C. The molecule has 0 heterocycles. The first-order valence-electron chi connectivity index (χ1n) is 37.2. The van der Waals surface area contributed by atoms with Crippen LogP contribution in [-0.2, 0) is 65.4 Å². The molecule has 19 heteroatoms. The van der Waals surface area contributed by atoms with Gasteiger partial charge in [0.15, 0.2) is 12.2 Å². The lowest BCUT2D eigenvalue weighted by Gasteiger charge is -2.21. The number of esters is 4. The van der Waals surface area contributed by atoms with E-state index in [-0.39, 0.29) is 25.7 Å². The van der Waals surface area contributed by atoms with Crippen molar-refractivity contribution in [2.75, 3.05) is 39.6 Å². The number of unbranched alkanes of at least 4 members (excludes halogenated alkanes) is 35. The predicted molar refractivity (Wildman–Crippen MR) is 367 cm³/mol. The van der Waals surface area contributed by atoms with E-state index in [4.69, 9.17) is 37.0 Å². The Morgan fingerprint density at radius 3 is 0.681 bits per heavy atom. The molecule has 540 valence electrons. The average Bonchev–Trinajstić information content (AvgIpc) is 3.58. The Morgan fingerprint density at radius 1 is 0.275 bits per heavy atom. The summed E-state index contributed by atoms with van der Waals surface area (Å²) in [5.74, 6) is 0.829. The summed E-state index contributed by atoms with van der Waals surface area (Å²) in [6, 6.07) is 0. The van der Waals surface area contributed by atoms with Crippen molar-refractivity contribution in [3.05, 3.63) is 0 Å². The Morgan fingerprint density at radius 2 is 0.462 bits per heavy atom. The van der Waals surface area contributed by atoms with Gasteiger partial charge in [0.2, 0.25) is 0 Å². The quantitative estimate of drug-likeness (QED) is 0.0222. The van der Waals surface area contributed by atoms with Crippen LogP contribution in [0.3, 0.4) is 0 Å². The molecule has 0 rings (SSSR count). The smallest absolute Gasteiger partial charge is 0.462 e. The summed E-state index contributed by atoms with van der Waals surface area (Å²) in [7, 11) is -9.90. The Kier molecular flexibility index (Phi) is 60.3. The van der Waals surface area contributed by atoms with Crippen molar-refractivity contribution >= 4 is 39.5 Å². The molecule has 0 fully saturated rings. The zero-order valence-corrected chi connectivity index (χ0v) is 61.3. The van der Waals surface area contributed by atoms with Crippen molar-refractivity contribution < 1.29 is 80.2 Å². The number of carbonyl (C=O) groups excluding carboxylic acids is 4. The highest BCUT2D eigenvalue weighted by molar-refractivity contribution is 7.47. The lowest BCUT2D eigenvalue weighted by Crippen LogP contribution is -2.30. The molecular formula is C72H140O17P2. The number of aliphatic hydroxyl groups excluding tert-OH is 1. The summed E-state index contributed by atoms with van der Waals surface area (Å²) in [4.78, 5) is 72.6. The van der Waals surface area contributed by atoms with Gasteiger partial charge >= 0.3 is 39.5 Å². The topological polar surface area (TPSA) is 237 Å². The van der Waals surface area contributed by atoms with Crippen LogP contribution >= 0.6 is 15.6 Å². The average molecular weight is 1340 g/mol. The normalized spacial score (nSPS) is 14.2. The van der Waals surface area contributed by atoms with Crippen molar-refractivity contribution in [1.82, 2.24) is 0 Å². The van der Waals surface area contributed by atoms with E-state index in [9.17, 15) is 43.2 Å². The molecule has 2 unspecified atom stereocenters. The number of ether oxygens (including phenoxy) is 4. The van der Waals surface area contributed by atoms with E-state index in [1.807, 2.05) is 0 Å². The Balaban J connectivity index is 5.21. The lowest BCUT2D eigenvalue weighted by molar-refractivity contribution is -0.161. The Bertz CT molecular complexity index is 1800. The molecule has 5 atom stereocenters. The first kappa shape index (κ1) is 89.1. The van der Waals surface area contributed by atoms with Gasteiger partial charge in [-0.3, -0.25) is 37.3 Å². The molecule has 3 N–H and O–H groups in total. The molecule has 0 aliphatic rings. The van der Waals surface area contributed by atoms with Gasteiger partial charge in [-0.25, -0.2) is 9.13 Å². The number of phosphoric ester groups is 2. The second-order valence-corrected chi connectivity index (χ2v) is 30.8. The minimum atomic E-state index is -4.95. The zero-order chi connectivity index (χ0) is 67.5. The Hall–Kier alpha value is -1.94. The van der Waals surface area contributed by atoms with Crippen LogP contribution in [0, 0.1) is 23.7 Å². The zero-order valence-electron chi connectivity index (χ0n) is 59.5. The number of hydrogen-bond acceptors (Lipinski definition) is 15. The fourth-order valence-electron chi connectivity index (χ4n) is 10.8. The summed E-state index contributed by atoms with van der Waals surface area (Å²) >= 11 is 0. The van der Waals surface area contributed by atoms with Crippen LogP contribution in [0.15, 0.2) is 0 Å². The maximum absolute atomic E-state index is 13.0. The number of rotatable bonds is 69. The molecule has 0 amide bonds. The molecule has 0 bridgehead atoms. The molecular weight excluding hydrogens is 1200 g/mol. The minimum Gasteiger partial charge on any atom is -0.462 e. The van der Waals surface area contributed by atoms with Crippen LogP contribution in [0.4, 0.5) is 0 Å². The third-order valence-electron chi connectivity index (χ3n) is 16.6. The second-order valence-electron chi connectivity index (χ2n) is 27.9. The molecule has 0 saturated heterocycles. The molecule has 17 nitrogen and oxygen atoms in total. The first-order valence-corrected chi connectivity index (χ1v) is 40.2. The van der Waals surface area contributed by atoms with E-state index in [0.717, 1.165) is 114 Å². The second kappa shape index (κ2) is 61.6. The molecule has 0 aliphatic heterocycles. The van der Waals surface area contributed by atoms with Crippen LogP contribution in [0.25, 0.3) is 0 Å². The van der Waals surface area contributed by atoms with Crippen LogP contribution in [0.2, 0.25) is 0 Å². The van der Waals surface area contributed by atoms with Crippen LogP contribution in [0.5, 0.6) is 0 Å². The highest BCUT2D eigenvalue weighted by atomic mass is 31.2. The summed E-state index contributed by atoms with van der Waals surface area (Å²) in [6.45, 7) is 14.1. The van der Waals surface area contributed by atoms with Crippen LogP contribution in [0.1, 0.15) is 357 Å². The molecule has 0 aromatic carbocycles. The Labute approximate surface area is 556 Å². The van der Waals surface area contributed by atoms with E-state index in [1.54, 1.807) is 0 Å². The highest BCUT2D eigenvalue weighted by Gasteiger charge is 2.30. The highest BCUT2D eigenvalue weighted by Crippen LogP contribution is 2.45. The van der Waals surface area contributed by atoms with Gasteiger partial charge in [0, 0.05) is 25.7 Å². The maximum Gasteiger partial charge on any atom is 0.472 e. The van der Waals surface area contributed by atoms with Crippen LogP contribution in [-0.4, -0.2) is 96.7 Å². The van der Waals surface area contributed by atoms with E-state index >= 15 is 0 Å². The third-order valence-corrected chi connectivity index (χ3v) is 18.5.